The van der Waals surface area contributed by atoms with Crippen LogP contribution >= 0.6 is 0 Å². The first-order valence-corrected chi connectivity index (χ1v) is 12.5. The predicted molar refractivity (Wildman–Crippen MR) is 144 cm³/mol. The molecule has 4 aromatic rings. The van der Waals surface area contributed by atoms with Gasteiger partial charge in [-0.1, -0.05) is 42.5 Å². The number of carbonyl (C=O) groups is 3. The molecule has 38 heavy (non-hydrogen) atoms. The van der Waals surface area contributed by atoms with E-state index in [1.165, 1.54) is 17.5 Å². The number of carbonyl (C=O) groups excluding carboxylic acids is 3. The first-order valence-electron chi connectivity index (χ1n) is 12.5. The Kier molecular flexibility index (Phi) is 7.26. The lowest BCUT2D eigenvalue weighted by Crippen LogP contribution is -2.47. The minimum Gasteiger partial charge on any atom is -0.372 e. The van der Waals surface area contributed by atoms with Crippen molar-refractivity contribution in [3.05, 3.63) is 96.3 Å². The molecule has 1 saturated heterocycles. The zero-order valence-corrected chi connectivity index (χ0v) is 20.8. The Balaban J connectivity index is 1.39. The van der Waals surface area contributed by atoms with Crippen molar-refractivity contribution in [1.29, 1.82) is 0 Å². The highest BCUT2D eigenvalue weighted by Gasteiger charge is 2.27. The lowest BCUT2D eigenvalue weighted by atomic mass is 10.0. The second kappa shape index (κ2) is 11.1. The van der Waals surface area contributed by atoms with Crippen molar-refractivity contribution in [1.82, 2.24) is 20.1 Å². The van der Waals surface area contributed by atoms with Crippen LogP contribution in [0.2, 0.25) is 0 Å². The van der Waals surface area contributed by atoms with E-state index in [2.05, 4.69) is 32.4 Å². The Morgan fingerprint density at radius 3 is 2.50 bits per heavy atom. The maximum Gasteiger partial charge on any atom is 0.287 e. The molecule has 9 heteroatoms. The Bertz CT molecular complexity index is 1460. The number of rotatable bonds is 9. The van der Waals surface area contributed by atoms with Gasteiger partial charge in [-0.2, -0.15) is 5.10 Å². The summed E-state index contributed by atoms with van der Waals surface area (Å²) in [5.74, 6) is -2.23. The highest BCUT2D eigenvalue weighted by Crippen LogP contribution is 2.26. The summed E-state index contributed by atoms with van der Waals surface area (Å²) in [4.78, 5) is 44.3. The van der Waals surface area contributed by atoms with Gasteiger partial charge in [-0.05, 0) is 48.7 Å². The molecule has 1 unspecified atom stereocenters. The molecule has 2 aromatic carbocycles. The number of aromatic nitrogens is 3. The topological polar surface area (TPSA) is 123 Å². The third kappa shape index (κ3) is 5.46. The van der Waals surface area contributed by atoms with Gasteiger partial charge in [0.05, 0.1) is 11.3 Å². The Labute approximate surface area is 220 Å². The van der Waals surface area contributed by atoms with Gasteiger partial charge in [-0.25, -0.2) is 9.67 Å². The summed E-state index contributed by atoms with van der Waals surface area (Å²) >= 11 is 0. The van der Waals surface area contributed by atoms with Crippen LogP contribution in [-0.2, 0) is 16.0 Å². The Hall–Kier alpha value is -4.79. The van der Waals surface area contributed by atoms with Gasteiger partial charge in [0.25, 0.3) is 11.8 Å². The van der Waals surface area contributed by atoms with E-state index in [0.717, 1.165) is 35.6 Å². The van der Waals surface area contributed by atoms with Gasteiger partial charge >= 0.3 is 0 Å². The number of primary amides is 1. The molecule has 9 nitrogen and oxygen atoms in total. The number of pyridine rings is 1. The van der Waals surface area contributed by atoms with E-state index in [0.29, 0.717) is 5.82 Å². The standard InChI is InChI=1S/C29H28N6O3/c30-27(37)26(36)25(18-20-8-2-1-3-9-20)32-29(38)23-12-7-14-31-28(23)35-17-13-24(33-35)21-10-6-11-22(19-21)34-15-4-5-16-34/h1-3,6-14,17,19,25H,4-5,15-16,18H2,(H2,30,37)(H,32,38). The quantitative estimate of drug-likeness (QED) is 0.335. The van der Waals surface area contributed by atoms with Crippen LogP contribution in [0.4, 0.5) is 5.69 Å². The molecule has 2 amide bonds. The fraction of sp³-hybridized carbons (Fsp3) is 0.207. The number of ketones is 1. The van der Waals surface area contributed by atoms with E-state index in [1.807, 2.05) is 48.5 Å². The number of nitrogens with two attached hydrogens (primary N) is 1. The molecular weight excluding hydrogens is 480 g/mol. The van der Waals surface area contributed by atoms with Crippen LogP contribution in [-0.4, -0.2) is 51.5 Å². The molecule has 1 fully saturated rings. The summed E-state index contributed by atoms with van der Waals surface area (Å²) in [5.41, 5.74) is 9.13. The largest absolute Gasteiger partial charge is 0.372 e. The van der Waals surface area contributed by atoms with E-state index >= 15 is 0 Å². The Morgan fingerprint density at radius 1 is 0.947 bits per heavy atom. The molecule has 1 aliphatic heterocycles. The number of anilines is 1. The normalized spacial score (nSPS) is 13.7. The maximum absolute atomic E-state index is 13.3. The van der Waals surface area contributed by atoms with Crippen molar-refractivity contribution in [2.45, 2.75) is 25.3 Å². The smallest absolute Gasteiger partial charge is 0.287 e. The molecule has 3 N–H and O–H groups in total. The van der Waals surface area contributed by atoms with E-state index in [4.69, 9.17) is 5.73 Å². The molecule has 0 spiro atoms. The van der Waals surface area contributed by atoms with E-state index in [-0.39, 0.29) is 12.0 Å². The number of Topliss-reactive ketones (excluding diaryl/α,β-unsaturated/α-hetero) is 1. The summed E-state index contributed by atoms with van der Waals surface area (Å²) in [6.45, 7) is 2.10. The van der Waals surface area contributed by atoms with Gasteiger partial charge in [-0.15, -0.1) is 0 Å². The minimum atomic E-state index is -1.11. The van der Waals surface area contributed by atoms with Crippen molar-refractivity contribution in [2.75, 3.05) is 18.0 Å². The first-order chi connectivity index (χ1) is 18.5. The van der Waals surface area contributed by atoms with Gasteiger partial charge in [0.15, 0.2) is 5.82 Å². The molecule has 0 bridgehead atoms. The number of nitrogens with zero attached hydrogens (tertiary/aromatic N) is 4. The molecule has 3 heterocycles. The van der Waals surface area contributed by atoms with Crippen molar-refractivity contribution in [2.24, 2.45) is 5.73 Å². The van der Waals surface area contributed by atoms with Crippen molar-refractivity contribution in [3.8, 4) is 17.1 Å². The zero-order valence-electron chi connectivity index (χ0n) is 20.8. The van der Waals surface area contributed by atoms with Crippen LogP contribution in [0.5, 0.6) is 0 Å². The zero-order chi connectivity index (χ0) is 26.5. The highest BCUT2D eigenvalue weighted by atomic mass is 16.2. The van der Waals surface area contributed by atoms with Crippen LogP contribution in [0.1, 0.15) is 28.8 Å². The third-order valence-electron chi connectivity index (χ3n) is 6.60. The van der Waals surface area contributed by atoms with Gasteiger partial charge in [0, 0.05) is 43.2 Å². The summed E-state index contributed by atoms with van der Waals surface area (Å²) < 4.78 is 1.54. The summed E-state index contributed by atoms with van der Waals surface area (Å²) in [6.07, 6.45) is 5.83. The highest BCUT2D eigenvalue weighted by molar-refractivity contribution is 6.38. The van der Waals surface area contributed by atoms with Gasteiger partial charge < -0.3 is 16.0 Å². The monoisotopic (exact) mass is 508 g/mol. The molecule has 0 aliphatic carbocycles. The summed E-state index contributed by atoms with van der Waals surface area (Å²) in [5, 5.41) is 7.36. The number of amides is 2. The van der Waals surface area contributed by atoms with Crippen LogP contribution in [0.3, 0.4) is 0 Å². The number of hydrogen-bond donors (Lipinski definition) is 2. The molecular formula is C29H28N6O3. The molecule has 2 aromatic heterocycles. The molecule has 192 valence electrons. The predicted octanol–water partition coefficient (Wildman–Crippen LogP) is 2.93. The number of nitrogens with one attached hydrogen (secondary N) is 1. The average Bonchev–Trinajstić information content (AvgIpc) is 3.66. The molecule has 0 radical (unpaired) electrons. The van der Waals surface area contributed by atoms with Crippen LogP contribution in [0.15, 0.2) is 85.2 Å². The molecule has 0 saturated carbocycles. The van der Waals surface area contributed by atoms with Crippen molar-refractivity contribution >= 4 is 23.3 Å². The van der Waals surface area contributed by atoms with Crippen molar-refractivity contribution < 1.29 is 14.4 Å². The van der Waals surface area contributed by atoms with E-state index in [9.17, 15) is 14.4 Å². The van der Waals surface area contributed by atoms with Gasteiger partial charge in [0.2, 0.25) is 5.78 Å². The van der Waals surface area contributed by atoms with Gasteiger partial charge in [0.1, 0.15) is 6.04 Å². The average molecular weight is 509 g/mol. The maximum atomic E-state index is 13.3. The second-order valence-corrected chi connectivity index (χ2v) is 9.21. The van der Waals surface area contributed by atoms with Crippen molar-refractivity contribution in [3.63, 3.8) is 0 Å². The molecule has 5 rings (SSSR count). The molecule has 1 aliphatic rings. The SMILES string of the molecule is NC(=O)C(=O)C(Cc1ccccc1)NC(=O)c1cccnc1-n1ccc(-c2cccc(N3CCCC3)c2)n1. The van der Waals surface area contributed by atoms with E-state index in [1.54, 1.807) is 24.5 Å². The Morgan fingerprint density at radius 2 is 1.74 bits per heavy atom. The van der Waals surface area contributed by atoms with Crippen LogP contribution < -0.4 is 16.0 Å². The van der Waals surface area contributed by atoms with Crippen LogP contribution in [0.25, 0.3) is 17.1 Å². The fourth-order valence-corrected chi connectivity index (χ4v) is 4.66. The second-order valence-electron chi connectivity index (χ2n) is 9.21. The summed E-state index contributed by atoms with van der Waals surface area (Å²) in [6, 6.07) is 21.3. The third-order valence-corrected chi connectivity index (χ3v) is 6.60. The molecule has 1 atom stereocenters. The number of hydrogen-bond acceptors (Lipinski definition) is 6. The van der Waals surface area contributed by atoms with Crippen LogP contribution in [0, 0.1) is 0 Å². The summed E-state index contributed by atoms with van der Waals surface area (Å²) in [7, 11) is 0. The van der Waals surface area contributed by atoms with E-state index < -0.39 is 23.6 Å². The number of benzene rings is 2. The lowest BCUT2D eigenvalue weighted by molar-refractivity contribution is -0.137. The lowest BCUT2D eigenvalue weighted by Gasteiger charge is -2.18. The first kappa shape index (κ1) is 24.9. The minimum absolute atomic E-state index is 0.128. The van der Waals surface area contributed by atoms with Gasteiger partial charge in [-0.3, -0.25) is 14.4 Å². The fourth-order valence-electron chi connectivity index (χ4n) is 4.66.